The number of benzene rings is 1. The zero-order chi connectivity index (χ0) is 11.0. The topological polar surface area (TPSA) is 86.2 Å². The van der Waals surface area contributed by atoms with Crippen LogP contribution in [0.25, 0.3) is 17.0 Å². The number of nitrogens with one attached hydrogen (secondary N) is 1. The molecule has 1 aromatic carbocycles. The van der Waals surface area contributed by atoms with Crippen LogP contribution in [-0.4, -0.2) is 20.2 Å². The molecule has 0 bridgehead atoms. The van der Waals surface area contributed by atoms with Gasteiger partial charge < -0.3 is 15.2 Å². The maximum atomic E-state index is 11.5. The van der Waals surface area contributed by atoms with E-state index in [0.29, 0.717) is 0 Å². The van der Waals surface area contributed by atoms with Crippen LogP contribution in [0, 0.1) is 0 Å². The number of fused-ring (bicyclic) bond motifs is 1. The molecule has 0 unspecified atom stereocenters. The smallest absolute Gasteiger partial charge is 0.262 e. The predicted octanol–water partition coefficient (Wildman–Crippen LogP) is 0.977. The van der Waals surface area contributed by atoms with Crippen LogP contribution in [0.1, 0.15) is 5.82 Å². The molecule has 0 saturated carbocycles. The van der Waals surface area contributed by atoms with Crippen molar-refractivity contribution in [3.05, 3.63) is 34.9 Å². The van der Waals surface area contributed by atoms with E-state index in [0.717, 1.165) is 0 Å². The Hall–Kier alpha value is -2.30. The standard InChI is InChI=1S/C10H8N2O3/c1-2-7-11-9-6(14)4-3-5(13)8(9)10(15)12-7/h2-4,13-14H,1H2,(H,11,12,15). The lowest BCUT2D eigenvalue weighted by Crippen LogP contribution is -2.09. The summed E-state index contributed by atoms with van der Waals surface area (Å²) in [6.07, 6.45) is 1.35. The number of aromatic nitrogens is 2. The summed E-state index contributed by atoms with van der Waals surface area (Å²) in [6, 6.07) is 2.51. The van der Waals surface area contributed by atoms with Gasteiger partial charge in [0.05, 0.1) is 0 Å². The Morgan fingerprint density at radius 3 is 2.67 bits per heavy atom. The summed E-state index contributed by atoms with van der Waals surface area (Å²) in [7, 11) is 0. The Morgan fingerprint density at radius 2 is 2.00 bits per heavy atom. The van der Waals surface area contributed by atoms with Gasteiger partial charge in [-0.25, -0.2) is 4.98 Å². The van der Waals surface area contributed by atoms with Crippen molar-refractivity contribution in [1.82, 2.24) is 9.97 Å². The van der Waals surface area contributed by atoms with Gasteiger partial charge in [-0.1, -0.05) is 6.58 Å². The van der Waals surface area contributed by atoms with Gasteiger partial charge >= 0.3 is 0 Å². The molecule has 0 amide bonds. The number of hydrogen-bond acceptors (Lipinski definition) is 4. The summed E-state index contributed by atoms with van der Waals surface area (Å²) in [5.41, 5.74) is -0.447. The minimum atomic E-state index is -0.511. The van der Waals surface area contributed by atoms with Crippen molar-refractivity contribution in [2.45, 2.75) is 0 Å². The number of phenols is 2. The molecule has 3 N–H and O–H groups in total. The fourth-order valence-electron chi connectivity index (χ4n) is 1.33. The van der Waals surface area contributed by atoms with Crippen LogP contribution in [0.3, 0.4) is 0 Å². The normalized spacial score (nSPS) is 10.4. The van der Waals surface area contributed by atoms with Crippen LogP contribution >= 0.6 is 0 Å². The second-order valence-electron chi connectivity index (χ2n) is 2.98. The molecule has 0 aliphatic heterocycles. The van der Waals surface area contributed by atoms with Crippen molar-refractivity contribution in [1.29, 1.82) is 0 Å². The Morgan fingerprint density at radius 1 is 1.33 bits per heavy atom. The van der Waals surface area contributed by atoms with Crippen LogP contribution in [0.4, 0.5) is 0 Å². The lowest BCUT2D eigenvalue weighted by Gasteiger charge is -2.02. The fraction of sp³-hybridized carbons (Fsp3) is 0. The van der Waals surface area contributed by atoms with Crippen LogP contribution in [0.2, 0.25) is 0 Å². The number of phenolic OH excluding ortho intramolecular Hbond substituents is 2. The molecule has 1 aromatic heterocycles. The van der Waals surface area contributed by atoms with E-state index in [4.69, 9.17) is 0 Å². The first-order valence-corrected chi connectivity index (χ1v) is 4.21. The number of rotatable bonds is 1. The maximum absolute atomic E-state index is 11.5. The average molecular weight is 204 g/mol. The first-order valence-electron chi connectivity index (χ1n) is 4.21. The molecule has 5 nitrogen and oxygen atoms in total. The third kappa shape index (κ3) is 1.34. The highest BCUT2D eigenvalue weighted by molar-refractivity contribution is 5.89. The quantitative estimate of drug-likeness (QED) is 0.604. The van der Waals surface area contributed by atoms with Gasteiger partial charge in [-0.15, -0.1) is 0 Å². The summed E-state index contributed by atoms with van der Waals surface area (Å²) in [6.45, 7) is 3.45. The second-order valence-corrected chi connectivity index (χ2v) is 2.98. The number of aromatic hydroxyl groups is 2. The molecule has 15 heavy (non-hydrogen) atoms. The molecule has 1 heterocycles. The molecule has 0 aliphatic rings. The van der Waals surface area contributed by atoms with E-state index in [-0.39, 0.29) is 28.2 Å². The summed E-state index contributed by atoms with van der Waals surface area (Å²) in [5, 5.41) is 18.9. The number of H-pyrrole nitrogens is 1. The zero-order valence-corrected chi connectivity index (χ0v) is 7.69. The fourth-order valence-corrected chi connectivity index (χ4v) is 1.33. The number of nitrogens with zero attached hydrogens (tertiary/aromatic N) is 1. The van der Waals surface area contributed by atoms with Crippen molar-refractivity contribution in [3.8, 4) is 11.5 Å². The molecule has 0 fully saturated rings. The van der Waals surface area contributed by atoms with Gasteiger partial charge in [0.15, 0.2) is 0 Å². The molecule has 0 spiro atoms. The highest BCUT2D eigenvalue weighted by Gasteiger charge is 2.10. The molecular weight excluding hydrogens is 196 g/mol. The van der Waals surface area contributed by atoms with Crippen LogP contribution < -0.4 is 5.56 Å². The largest absolute Gasteiger partial charge is 0.507 e. The predicted molar refractivity (Wildman–Crippen MR) is 55.8 cm³/mol. The van der Waals surface area contributed by atoms with Crippen LogP contribution in [0.15, 0.2) is 23.5 Å². The molecular formula is C10H8N2O3. The third-order valence-corrected chi connectivity index (χ3v) is 2.03. The van der Waals surface area contributed by atoms with Gasteiger partial charge in [-0.05, 0) is 18.2 Å². The van der Waals surface area contributed by atoms with Crippen molar-refractivity contribution < 1.29 is 10.2 Å². The molecule has 0 atom stereocenters. The van der Waals surface area contributed by atoms with Crippen molar-refractivity contribution in [2.24, 2.45) is 0 Å². The molecule has 0 aliphatic carbocycles. The van der Waals surface area contributed by atoms with Crippen LogP contribution in [0.5, 0.6) is 11.5 Å². The second kappa shape index (κ2) is 3.13. The molecule has 2 aromatic rings. The Kier molecular flexibility index (Phi) is 1.93. The number of hydrogen-bond donors (Lipinski definition) is 3. The monoisotopic (exact) mass is 204 g/mol. The van der Waals surface area contributed by atoms with Crippen molar-refractivity contribution >= 4 is 17.0 Å². The average Bonchev–Trinajstić information content (AvgIpc) is 2.23. The highest BCUT2D eigenvalue weighted by atomic mass is 16.3. The van der Waals surface area contributed by atoms with E-state index in [2.05, 4.69) is 16.5 Å². The van der Waals surface area contributed by atoms with E-state index in [1.165, 1.54) is 18.2 Å². The Balaban J connectivity index is 3.03. The Labute approximate surface area is 84.3 Å². The van der Waals surface area contributed by atoms with Gasteiger partial charge in [0.2, 0.25) is 0 Å². The zero-order valence-electron chi connectivity index (χ0n) is 7.69. The lowest BCUT2D eigenvalue weighted by atomic mass is 10.2. The van der Waals surface area contributed by atoms with Gasteiger partial charge in [0.1, 0.15) is 28.2 Å². The SMILES string of the molecule is C=Cc1nc2c(O)ccc(O)c2c(=O)[nH]1. The molecule has 76 valence electrons. The third-order valence-electron chi connectivity index (χ3n) is 2.03. The summed E-state index contributed by atoms with van der Waals surface area (Å²) in [5.74, 6) is -0.127. The van der Waals surface area contributed by atoms with E-state index >= 15 is 0 Å². The lowest BCUT2D eigenvalue weighted by molar-refractivity contribution is 0.468. The Bertz CT molecular complexity index is 601. The number of aromatic amines is 1. The first kappa shape index (κ1) is 9.26. The summed E-state index contributed by atoms with van der Waals surface area (Å²) in [4.78, 5) is 17.9. The summed E-state index contributed by atoms with van der Waals surface area (Å²) < 4.78 is 0. The van der Waals surface area contributed by atoms with Gasteiger partial charge in [0, 0.05) is 0 Å². The molecule has 0 radical (unpaired) electrons. The van der Waals surface area contributed by atoms with E-state index in [1.807, 2.05) is 0 Å². The minimum absolute atomic E-state index is 0.0272. The van der Waals surface area contributed by atoms with Crippen LogP contribution in [-0.2, 0) is 0 Å². The van der Waals surface area contributed by atoms with Gasteiger partial charge in [-0.2, -0.15) is 0 Å². The minimum Gasteiger partial charge on any atom is -0.507 e. The molecule has 5 heteroatoms. The van der Waals surface area contributed by atoms with E-state index in [1.54, 1.807) is 0 Å². The highest BCUT2D eigenvalue weighted by Crippen LogP contribution is 2.27. The van der Waals surface area contributed by atoms with Crippen molar-refractivity contribution in [3.63, 3.8) is 0 Å². The van der Waals surface area contributed by atoms with Crippen molar-refractivity contribution in [2.75, 3.05) is 0 Å². The molecule has 2 rings (SSSR count). The first-order chi connectivity index (χ1) is 7.13. The maximum Gasteiger partial charge on any atom is 0.262 e. The molecule has 0 saturated heterocycles. The van der Waals surface area contributed by atoms with Gasteiger partial charge in [0.25, 0.3) is 5.56 Å². The van der Waals surface area contributed by atoms with E-state index in [9.17, 15) is 15.0 Å². The summed E-state index contributed by atoms with van der Waals surface area (Å²) >= 11 is 0. The van der Waals surface area contributed by atoms with E-state index < -0.39 is 5.56 Å². The van der Waals surface area contributed by atoms with Gasteiger partial charge in [-0.3, -0.25) is 4.79 Å².